The second kappa shape index (κ2) is 5.38. The topological polar surface area (TPSA) is 57.7 Å². The first-order valence-corrected chi connectivity index (χ1v) is 7.74. The van der Waals surface area contributed by atoms with Gasteiger partial charge in [0, 0.05) is 13.0 Å². The Labute approximate surface area is 131 Å². The maximum Gasteiger partial charge on any atom is 0.302 e. The van der Waals surface area contributed by atoms with Crippen LogP contribution in [0.4, 0.5) is 0 Å². The third kappa shape index (κ3) is 2.57. The molecule has 0 bridgehead atoms. The highest BCUT2D eigenvalue weighted by Crippen LogP contribution is 2.45. The molecule has 0 saturated carbocycles. The van der Waals surface area contributed by atoms with E-state index in [4.69, 9.17) is 25.8 Å². The van der Waals surface area contributed by atoms with Gasteiger partial charge in [-0.3, -0.25) is 4.79 Å². The van der Waals surface area contributed by atoms with Gasteiger partial charge in [0.05, 0.1) is 5.02 Å². The van der Waals surface area contributed by atoms with Crippen LogP contribution in [0.1, 0.15) is 6.92 Å². The fourth-order valence-corrected chi connectivity index (χ4v) is 3.64. The summed E-state index contributed by atoms with van der Waals surface area (Å²) in [5.74, 6) is 0.827. The van der Waals surface area contributed by atoms with Gasteiger partial charge in [-0.1, -0.05) is 11.6 Å². The van der Waals surface area contributed by atoms with Gasteiger partial charge in [-0.25, -0.2) is 4.98 Å². The molecule has 0 saturated heterocycles. The van der Waals surface area contributed by atoms with Gasteiger partial charge in [0.15, 0.2) is 21.5 Å². The highest BCUT2D eigenvalue weighted by Gasteiger charge is 2.26. The van der Waals surface area contributed by atoms with Gasteiger partial charge in [-0.2, -0.15) is 0 Å². The fourth-order valence-electron chi connectivity index (χ4n) is 1.88. The minimum absolute atomic E-state index is 0.150. The predicted octanol–water partition coefficient (Wildman–Crippen LogP) is 3.42. The van der Waals surface area contributed by atoms with Crippen LogP contribution in [0.3, 0.4) is 0 Å². The van der Waals surface area contributed by atoms with Crippen LogP contribution in [-0.2, 0) is 9.53 Å². The molecule has 0 amide bonds. The van der Waals surface area contributed by atoms with Crippen LogP contribution >= 0.6 is 38.9 Å². The molecule has 0 aliphatic carbocycles. The quantitative estimate of drug-likeness (QED) is 0.750. The number of carbonyl (C=O) groups excluding carboxylic acids is 1. The van der Waals surface area contributed by atoms with E-state index in [9.17, 15) is 4.79 Å². The summed E-state index contributed by atoms with van der Waals surface area (Å²) < 4.78 is 18.0. The Kier molecular flexibility index (Phi) is 3.74. The second-order valence-corrected chi connectivity index (χ2v) is 6.87. The van der Waals surface area contributed by atoms with Gasteiger partial charge in [0.25, 0.3) is 0 Å². The summed E-state index contributed by atoms with van der Waals surface area (Å²) in [5.41, 5.74) is 0.685. The van der Waals surface area contributed by atoms with Crippen molar-refractivity contribution in [1.82, 2.24) is 4.98 Å². The second-order valence-electron chi connectivity index (χ2n) is 4.18. The van der Waals surface area contributed by atoms with Gasteiger partial charge in [-0.15, -0.1) is 11.3 Å². The summed E-state index contributed by atoms with van der Waals surface area (Å²) in [6.07, 6.45) is -0.337. The summed E-state index contributed by atoms with van der Waals surface area (Å²) in [4.78, 5) is 15.1. The van der Waals surface area contributed by atoms with E-state index < -0.39 is 0 Å². The maximum absolute atomic E-state index is 10.8. The largest absolute Gasteiger partial charge is 0.484 e. The van der Waals surface area contributed by atoms with Crippen molar-refractivity contribution in [1.29, 1.82) is 0 Å². The molecule has 1 aromatic heterocycles. The first-order chi connectivity index (χ1) is 9.54. The average Bonchev–Trinajstić information content (AvgIpc) is 2.78. The van der Waals surface area contributed by atoms with E-state index in [0.29, 0.717) is 28.6 Å². The number of esters is 1. The summed E-state index contributed by atoms with van der Waals surface area (Å²) >= 11 is 11.0. The maximum atomic E-state index is 10.8. The van der Waals surface area contributed by atoms with E-state index in [-0.39, 0.29) is 18.7 Å². The zero-order valence-electron chi connectivity index (χ0n) is 10.3. The summed E-state index contributed by atoms with van der Waals surface area (Å²) in [6, 6.07) is 1.67. The van der Waals surface area contributed by atoms with Crippen molar-refractivity contribution >= 4 is 55.1 Å². The third-order valence-corrected chi connectivity index (χ3v) is 4.49. The van der Waals surface area contributed by atoms with Crippen LogP contribution < -0.4 is 9.47 Å². The fraction of sp³-hybridized carbons (Fsp3) is 0.333. The molecule has 5 nitrogen and oxygen atoms in total. The molecule has 2 heterocycles. The molecule has 0 fully saturated rings. The Morgan fingerprint density at radius 2 is 2.50 bits per heavy atom. The number of ether oxygens (including phenoxy) is 3. The molecular formula is C12H9BrClNO4S. The smallest absolute Gasteiger partial charge is 0.302 e. The van der Waals surface area contributed by atoms with E-state index in [1.807, 2.05) is 0 Å². The Morgan fingerprint density at radius 1 is 1.70 bits per heavy atom. The number of fused-ring (bicyclic) bond motifs is 3. The number of rotatable bonds is 2. The standard InChI is InChI=1S/C12H9BrClNO4S/c1-5(16)17-3-6-4-18-10-8(19-6)2-7(14)9-11(10)20-12(13)15-9/h2,6H,3-4H2,1H3. The van der Waals surface area contributed by atoms with Crippen molar-refractivity contribution in [3.63, 3.8) is 0 Å². The zero-order valence-corrected chi connectivity index (χ0v) is 13.5. The molecule has 2 aromatic rings. The number of halogens is 2. The van der Waals surface area contributed by atoms with E-state index in [0.717, 1.165) is 8.62 Å². The zero-order chi connectivity index (χ0) is 14.3. The molecule has 20 heavy (non-hydrogen) atoms. The number of aromatic nitrogens is 1. The lowest BCUT2D eigenvalue weighted by Gasteiger charge is -2.26. The van der Waals surface area contributed by atoms with Crippen LogP contribution in [0.2, 0.25) is 5.02 Å². The number of benzene rings is 1. The van der Waals surface area contributed by atoms with E-state index in [2.05, 4.69) is 20.9 Å². The predicted molar refractivity (Wildman–Crippen MR) is 78.9 cm³/mol. The van der Waals surface area contributed by atoms with Crippen LogP contribution in [0.5, 0.6) is 11.5 Å². The molecule has 0 N–H and O–H groups in total. The van der Waals surface area contributed by atoms with E-state index in [1.165, 1.54) is 18.3 Å². The molecule has 1 unspecified atom stereocenters. The number of carbonyl (C=O) groups is 1. The van der Waals surface area contributed by atoms with Gasteiger partial charge in [0.2, 0.25) is 0 Å². The minimum atomic E-state index is -0.348. The molecule has 8 heteroatoms. The third-order valence-electron chi connectivity index (χ3n) is 2.69. The molecular weight excluding hydrogens is 370 g/mol. The van der Waals surface area contributed by atoms with Crippen molar-refractivity contribution in [3.05, 3.63) is 15.0 Å². The number of thiazole rings is 1. The molecule has 1 atom stereocenters. The Bertz CT molecular complexity index is 690. The van der Waals surface area contributed by atoms with Gasteiger partial charge in [0.1, 0.15) is 23.4 Å². The average molecular weight is 379 g/mol. The lowest BCUT2D eigenvalue weighted by atomic mass is 10.2. The molecule has 1 aliphatic heterocycles. The number of hydrogen-bond acceptors (Lipinski definition) is 6. The van der Waals surface area contributed by atoms with Crippen molar-refractivity contribution in [2.75, 3.05) is 13.2 Å². The van der Waals surface area contributed by atoms with Gasteiger partial charge >= 0.3 is 5.97 Å². The Morgan fingerprint density at radius 3 is 3.25 bits per heavy atom. The Balaban J connectivity index is 1.92. The summed E-state index contributed by atoms with van der Waals surface area (Å²) in [6.45, 7) is 1.82. The number of nitrogens with zero attached hydrogens (tertiary/aromatic N) is 1. The Hall–Kier alpha value is -1.05. The summed E-state index contributed by atoms with van der Waals surface area (Å²) in [5, 5.41) is 0.498. The normalized spacial score (nSPS) is 17.2. The molecule has 0 spiro atoms. The first-order valence-electron chi connectivity index (χ1n) is 5.76. The SMILES string of the molecule is CC(=O)OCC1COc2c(cc(Cl)c3nc(Br)sc23)O1. The van der Waals surface area contributed by atoms with Crippen LogP contribution in [-0.4, -0.2) is 30.3 Å². The lowest BCUT2D eigenvalue weighted by molar-refractivity contribution is -0.144. The molecule has 1 aromatic carbocycles. The van der Waals surface area contributed by atoms with Crippen molar-refractivity contribution in [2.24, 2.45) is 0 Å². The van der Waals surface area contributed by atoms with Crippen molar-refractivity contribution < 1.29 is 19.0 Å². The van der Waals surface area contributed by atoms with Crippen LogP contribution in [0.25, 0.3) is 10.2 Å². The van der Waals surface area contributed by atoms with E-state index >= 15 is 0 Å². The molecule has 3 rings (SSSR count). The number of hydrogen-bond donors (Lipinski definition) is 0. The van der Waals surface area contributed by atoms with Crippen molar-refractivity contribution in [2.45, 2.75) is 13.0 Å². The van der Waals surface area contributed by atoms with Crippen molar-refractivity contribution in [3.8, 4) is 11.5 Å². The highest BCUT2D eigenvalue weighted by molar-refractivity contribution is 9.11. The summed E-state index contributed by atoms with van der Waals surface area (Å²) in [7, 11) is 0. The van der Waals surface area contributed by atoms with Crippen LogP contribution in [0, 0.1) is 0 Å². The highest BCUT2D eigenvalue weighted by atomic mass is 79.9. The minimum Gasteiger partial charge on any atom is -0.484 e. The molecule has 1 aliphatic rings. The molecule has 106 valence electrons. The molecule has 0 radical (unpaired) electrons. The van der Waals surface area contributed by atoms with E-state index in [1.54, 1.807) is 6.07 Å². The van der Waals surface area contributed by atoms with Gasteiger partial charge in [-0.05, 0) is 15.9 Å². The monoisotopic (exact) mass is 377 g/mol. The van der Waals surface area contributed by atoms with Gasteiger partial charge < -0.3 is 14.2 Å². The first kappa shape index (κ1) is 13.9. The lowest BCUT2D eigenvalue weighted by Crippen LogP contribution is -2.34. The van der Waals surface area contributed by atoms with Crippen LogP contribution in [0.15, 0.2) is 9.98 Å².